The summed E-state index contributed by atoms with van der Waals surface area (Å²) in [5.41, 5.74) is 0.790. The zero-order valence-corrected chi connectivity index (χ0v) is 11.0. The van der Waals surface area contributed by atoms with Crippen LogP contribution in [0.3, 0.4) is 0 Å². The van der Waals surface area contributed by atoms with E-state index in [-0.39, 0.29) is 5.75 Å². The van der Waals surface area contributed by atoms with E-state index in [1.165, 1.54) is 6.07 Å². The molecule has 0 atom stereocenters. The summed E-state index contributed by atoms with van der Waals surface area (Å²) in [6.07, 6.45) is 0. The fraction of sp³-hybridized carbons (Fsp3) is 0.143. The molecule has 5 heteroatoms. The largest absolute Gasteiger partial charge is 0.454 e. The highest BCUT2D eigenvalue weighted by atomic mass is 35.5. The summed E-state index contributed by atoms with van der Waals surface area (Å²) in [6, 6.07) is 8.21. The van der Waals surface area contributed by atoms with Crippen molar-refractivity contribution in [2.45, 2.75) is 6.54 Å². The lowest BCUT2D eigenvalue weighted by Gasteiger charge is -2.12. The number of hydrogen-bond donors (Lipinski definition) is 1. The molecule has 0 heterocycles. The highest BCUT2D eigenvalue weighted by Crippen LogP contribution is 2.29. The Bertz CT molecular complexity index is 590. The number of halogens is 3. The van der Waals surface area contributed by atoms with Crippen LogP contribution in [-0.4, -0.2) is 7.05 Å². The second kappa shape index (κ2) is 5.99. The zero-order valence-electron chi connectivity index (χ0n) is 10.2. The lowest BCUT2D eigenvalue weighted by atomic mass is 10.2. The molecule has 2 aromatic carbocycles. The fourth-order valence-electron chi connectivity index (χ4n) is 1.65. The van der Waals surface area contributed by atoms with Crippen LogP contribution in [0.15, 0.2) is 36.4 Å². The van der Waals surface area contributed by atoms with Gasteiger partial charge in [0.25, 0.3) is 0 Å². The molecule has 0 aliphatic rings. The molecule has 0 bridgehead atoms. The molecule has 0 amide bonds. The van der Waals surface area contributed by atoms with Crippen molar-refractivity contribution in [1.29, 1.82) is 0 Å². The van der Waals surface area contributed by atoms with Gasteiger partial charge in [-0.15, -0.1) is 0 Å². The summed E-state index contributed by atoms with van der Waals surface area (Å²) >= 11 is 5.90. The van der Waals surface area contributed by atoms with Gasteiger partial charge in [-0.1, -0.05) is 11.6 Å². The average Bonchev–Trinajstić information content (AvgIpc) is 2.36. The highest BCUT2D eigenvalue weighted by molar-refractivity contribution is 6.30. The first-order chi connectivity index (χ1) is 9.10. The lowest BCUT2D eigenvalue weighted by molar-refractivity contribution is 0.432. The van der Waals surface area contributed by atoms with Gasteiger partial charge < -0.3 is 10.1 Å². The van der Waals surface area contributed by atoms with Gasteiger partial charge in [-0.25, -0.2) is 8.78 Å². The first-order valence-electron chi connectivity index (χ1n) is 5.66. The molecule has 0 unspecified atom stereocenters. The van der Waals surface area contributed by atoms with Gasteiger partial charge >= 0.3 is 0 Å². The molecule has 0 radical (unpaired) electrons. The van der Waals surface area contributed by atoms with Crippen LogP contribution in [0.4, 0.5) is 8.78 Å². The number of hydrogen-bond acceptors (Lipinski definition) is 2. The Morgan fingerprint density at radius 2 is 1.84 bits per heavy atom. The van der Waals surface area contributed by atoms with Crippen molar-refractivity contribution in [3.8, 4) is 11.5 Å². The van der Waals surface area contributed by atoms with Crippen molar-refractivity contribution < 1.29 is 13.5 Å². The Morgan fingerprint density at radius 1 is 1.11 bits per heavy atom. The van der Waals surface area contributed by atoms with Crippen molar-refractivity contribution in [3.05, 3.63) is 58.6 Å². The predicted octanol–water partition coefficient (Wildman–Crippen LogP) is 4.13. The zero-order chi connectivity index (χ0) is 13.8. The molecule has 100 valence electrons. The molecule has 2 aromatic rings. The number of rotatable bonds is 4. The first kappa shape index (κ1) is 13.8. The minimum absolute atomic E-state index is 0.0268. The summed E-state index contributed by atoms with van der Waals surface area (Å²) < 4.78 is 31.8. The van der Waals surface area contributed by atoms with Crippen molar-refractivity contribution in [2.75, 3.05) is 7.05 Å². The second-order valence-corrected chi connectivity index (χ2v) is 4.40. The summed E-state index contributed by atoms with van der Waals surface area (Å²) in [7, 11) is 1.78. The van der Waals surface area contributed by atoms with E-state index in [1.54, 1.807) is 25.2 Å². The van der Waals surface area contributed by atoms with Crippen molar-refractivity contribution in [1.82, 2.24) is 5.32 Å². The van der Waals surface area contributed by atoms with Crippen LogP contribution < -0.4 is 10.1 Å². The molecular formula is C14H12ClF2NO. The van der Waals surface area contributed by atoms with E-state index >= 15 is 0 Å². The van der Waals surface area contributed by atoms with E-state index in [9.17, 15) is 8.78 Å². The van der Waals surface area contributed by atoms with Gasteiger partial charge in [0, 0.05) is 23.2 Å². The lowest BCUT2D eigenvalue weighted by Crippen LogP contribution is -2.06. The predicted molar refractivity (Wildman–Crippen MR) is 70.6 cm³/mol. The Hall–Kier alpha value is -1.65. The normalized spacial score (nSPS) is 10.5. The van der Waals surface area contributed by atoms with Gasteiger partial charge in [-0.05, 0) is 37.4 Å². The molecule has 19 heavy (non-hydrogen) atoms. The second-order valence-electron chi connectivity index (χ2n) is 3.96. The number of nitrogens with one attached hydrogen (secondary N) is 1. The molecule has 0 aromatic heterocycles. The third-order valence-electron chi connectivity index (χ3n) is 2.50. The average molecular weight is 284 g/mol. The van der Waals surface area contributed by atoms with Crippen LogP contribution in [0.1, 0.15) is 5.56 Å². The summed E-state index contributed by atoms with van der Waals surface area (Å²) in [6.45, 7) is 0.526. The van der Waals surface area contributed by atoms with Crippen molar-refractivity contribution in [3.63, 3.8) is 0 Å². The molecule has 0 fully saturated rings. The van der Waals surface area contributed by atoms with Crippen LogP contribution in [-0.2, 0) is 6.54 Å². The van der Waals surface area contributed by atoms with E-state index in [1.807, 2.05) is 0 Å². The highest BCUT2D eigenvalue weighted by Gasteiger charge is 2.09. The van der Waals surface area contributed by atoms with Crippen LogP contribution in [0, 0.1) is 11.6 Å². The van der Waals surface area contributed by atoms with Crippen LogP contribution >= 0.6 is 11.6 Å². The topological polar surface area (TPSA) is 21.3 Å². The van der Waals surface area contributed by atoms with Gasteiger partial charge in [0.1, 0.15) is 11.6 Å². The molecule has 0 aliphatic carbocycles. The maximum atomic E-state index is 13.5. The molecule has 0 aliphatic heterocycles. The van der Waals surface area contributed by atoms with E-state index in [0.717, 1.165) is 17.7 Å². The third kappa shape index (κ3) is 3.43. The molecule has 0 saturated heterocycles. The monoisotopic (exact) mass is 283 g/mol. The molecule has 2 nitrogen and oxygen atoms in total. The van der Waals surface area contributed by atoms with Gasteiger partial charge in [0.15, 0.2) is 11.6 Å². The summed E-state index contributed by atoms with van der Waals surface area (Å²) in [4.78, 5) is 0. The minimum Gasteiger partial charge on any atom is -0.454 e. The standard InChI is InChI=1S/C14H12ClF2NO/c1-18-8-9-6-10(15)2-4-13(9)19-14-5-3-11(16)7-12(14)17/h2-7,18H,8H2,1H3. The Morgan fingerprint density at radius 3 is 2.53 bits per heavy atom. The van der Waals surface area contributed by atoms with Gasteiger partial charge in [0.05, 0.1) is 0 Å². The van der Waals surface area contributed by atoms with Crippen LogP contribution in [0.2, 0.25) is 5.02 Å². The smallest absolute Gasteiger partial charge is 0.168 e. The SMILES string of the molecule is CNCc1cc(Cl)ccc1Oc1ccc(F)cc1F. The Balaban J connectivity index is 2.32. The van der Waals surface area contributed by atoms with E-state index in [4.69, 9.17) is 16.3 Å². The summed E-state index contributed by atoms with van der Waals surface area (Å²) in [5, 5.41) is 3.54. The molecule has 2 rings (SSSR count). The van der Waals surface area contributed by atoms with Crippen LogP contribution in [0.25, 0.3) is 0 Å². The maximum Gasteiger partial charge on any atom is 0.168 e. The number of benzene rings is 2. The van der Waals surface area contributed by atoms with Gasteiger partial charge in [0.2, 0.25) is 0 Å². The van der Waals surface area contributed by atoms with Crippen LogP contribution in [0.5, 0.6) is 11.5 Å². The fourth-order valence-corrected chi connectivity index (χ4v) is 1.85. The maximum absolute atomic E-state index is 13.5. The number of ether oxygens (including phenoxy) is 1. The first-order valence-corrected chi connectivity index (χ1v) is 6.04. The minimum atomic E-state index is -0.745. The molecule has 0 saturated carbocycles. The van der Waals surface area contributed by atoms with Crippen molar-refractivity contribution in [2.24, 2.45) is 0 Å². The van der Waals surface area contributed by atoms with E-state index < -0.39 is 11.6 Å². The third-order valence-corrected chi connectivity index (χ3v) is 2.74. The Labute approximate surface area is 115 Å². The van der Waals surface area contributed by atoms with Crippen molar-refractivity contribution >= 4 is 11.6 Å². The molecule has 0 spiro atoms. The Kier molecular flexibility index (Phi) is 4.35. The van der Waals surface area contributed by atoms with E-state index in [0.29, 0.717) is 17.3 Å². The summed E-state index contributed by atoms with van der Waals surface area (Å²) in [5.74, 6) is -0.938. The quantitative estimate of drug-likeness (QED) is 0.911. The van der Waals surface area contributed by atoms with Gasteiger partial charge in [-0.3, -0.25) is 0 Å². The molecular weight excluding hydrogens is 272 g/mol. The molecule has 1 N–H and O–H groups in total. The van der Waals surface area contributed by atoms with Gasteiger partial charge in [-0.2, -0.15) is 0 Å². The van der Waals surface area contributed by atoms with E-state index in [2.05, 4.69) is 5.32 Å².